The van der Waals surface area contributed by atoms with Crippen molar-refractivity contribution >= 4 is 12.2 Å². The highest BCUT2D eigenvalue weighted by molar-refractivity contribution is 5.89. The van der Waals surface area contributed by atoms with Crippen molar-refractivity contribution in [3.8, 4) is 0 Å². The highest BCUT2D eigenvalue weighted by Crippen LogP contribution is 2.10. The minimum Gasteiger partial charge on any atom is -0.465 e. The van der Waals surface area contributed by atoms with Crippen LogP contribution in [0, 0.1) is 5.92 Å². The zero-order valence-corrected chi connectivity index (χ0v) is 10.6. The summed E-state index contributed by atoms with van der Waals surface area (Å²) in [5.41, 5.74) is 1.15. The van der Waals surface area contributed by atoms with E-state index >= 15 is 0 Å². The monoisotopic (exact) mass is 249 g/mol. The van der Waals surface area contributed by atoms with Gasteiger partial charge in [0.2, 0.25) is 0 Å². The molecule has 1 aromatic carbocycles. The molecule has 0 radical (unpaired) electrons. The highest BCUT2D eigenvalue weighted by atomic mass is 16.5. The van der Waals surface area contributed by atoms with Crippen LogP contribution in [0.5, 0.6) is 0 Å². The third-order valence-corrected chi connectivity index (χ3v) is 2.58. The maximum Gasteiger partial charge on any atom is 0.314 e. The topological polar surface area (TPSA) is 58.9 Å². The third-order valence-electron chi connectivity index (χ3n) is 2.58. The van der Waals surface area contributed by atoms with Crippen LogP contribution in [0.15, 0.2) is 35.5 Å². The molecule has 0 amide bonds. The Morgan fingerprint density at radius 2 is 2.17 bits per heavy atom. The van der Waals surface area contributed by atoms with Crippen molar-refractivity contribution in [2.45, 2.75) is 26.2 Å². The van der Waals surface area contributed by atoms with E-state index < -0.39 is 5.92 Å². The molecule has 0 aliphatic rings. The molecule has 1 aromatic rings. The van der Waals surface area contributed by atoms with Crippen molar-refractivity contribution in [3.05, 3.63) is 35.9 Å². The largest absolute Gasteiger partial charge is 0.465 e. The number of aryl methyl sites for hydroxylation is 1. The van der Waals surface area contributed by atoms with Crippen molar-refractivity contribution in [3.63, 3.8) is 0 Å². The van der Waals surface area contributed by atoms with E-state index in [4.69, 9.17) is 9.94 Å². The molecule has 0 aliphatic heterocycles. The van der Waals surface area contributed by atoms with Gasteiger partial charge >= 0.3 is 5.97 Å². The van der Waals surface area contributed by atoms with Gasteiger partial charge in [-0.3, -0.25) is 4.79 Å². The Kier molecular flexibility index (Phi) is 6.54. The molecule has 0 aliphatic carbocycles. The molecule has 1 N–H and O–H groups in total. The molecule has 0 spiro atoms. The average Bonchev–Trinajstić information content (AvgIpc) is 2.42. The number of benzene rings is 1. The lowest BCUT2D eigenvalue weighted by atomic mass is 10.0. The standard InChI is InChI=1S/C14H19NO3/c1-2-10-18-14(16)13(11-15-17)9-8-12-6-4-3-5-7-12/h3-7,11,13,17H,2,8-10H2,1H3/b15-11-. The van der Waals surface area contributed by atoms with Gasteiger partial charge in [0.1, 0.15) is 0 Å². The summed E-state index contributed by atoms with van der Waals surface area (Å²) in [6, 6.07) is 9.88. The van der Waals surface area contributed by atoms with E-state index in [-0.39, 0.29) is 5.97 Å². The minimum atomic E-state index is -0.484. The quantitative estimate of drug-likeness (QED) is 0.350. The van der Waals surface area contributed by atoms with Gasteiger partial charge in [0.25, 0.3) is 0 Å². The Balaban J connectivity index is 2.50. The fraction of sp³-hybridized carbons (Fsp3) is 0.429. The summed E-state index contributed by atoms with van der Waals surface area (Å²) in [7, 11) is 0. The van der Waals surface area contributed by atoms with Crippen molar-refractivity contribution in [1.82, 2.24) is 0 Å². The molecule has 1 atom stereocenters. The molecule has 0 heterocycles. The van der Waals surface area contributed by atoms with Crippen molar-refractivity contribution in [2.75, 3.05) is 6.61 Å². The second-order valence-electron chi connectivity index (χ2n) is 4.06. The van der Waals surface area contributed by atoms with Crippen molar-refractivity contribution < 1.29 is 14.7 Å². The first kappa shape index (κ1) is 14.2. The van der Waals surface area contributed by atoms with Crippen LogP contribution in [0.25, 0.3) is 0 Å². The molecule has 18 heavy (non-hydrogen) atoms. The summed E-state index contributed by atoms with van der Waals surface area (Å²) < 4.78 is 5.05. The Bertz CT molecular complexity index is 376. The van der Waals surface area contributed by atoms with Gasteiger partial charge in [0, 0.05) is 0 Å². The maximum absolute atomic E-state index is 11.7. The fourth-order valence-electron chi connectivity index (χ4n) is 1.61. The van der Waals surface area contributed by atoms with E-state index in [1.165, 1.54) is 6.21 Å². The Morgan fingerprint density at radius 1 is 1.44 bits per heavy atom. The lowest BCUT2D eigenvalue weighted by Crippen LogP contribution is -2.20. The Hall–Kier alpha value is -1.84. The molecule has 4 heteroatoms. The average molecular weight is 249 g/mol. The third kappa shape index (κ3) is 4.99. The van der Waals surface area contributed by atoms with Crippen LogP contribution in [0.4, 0.5) is 0 Å². The molecule has 1 unspecified atom stereocenters. The van der Waals surface area contributed by atoms with E-state index in [9.17, 15) is 4.79 Å². The number of hydrogen-bond acceptors (Lipinski definition) is 4. The van der Waals surface area contributed by atoms with Crippen LogP contribution in [0.3, 0.4) is 0 Å². The first-order chi connectivity index (χ1) is 8.77. The zero-order chi connectivity index (χ0) is 13.2. The number of oxime groups is 1. The van der Waals surface area contributed by atoms with E-state index in [2.05, 4.69) is 5.16 Å². The van der Waals surface area contributed by atoms with Gasteiger partial charge in [0.15, 0.2) is 0 Å². The second kappa shape index (κ2) is 8.28. The second-order valence-corrected chi connectivity index (χ2v) is 4.06. The van der Waals surface area contributed by atoms with Gasteiger partial charge in [-0.1, -0.05) is 37.3 Å². The summed E-state index contributed by atoms with van der Waals surface area (Å²) in [6.07, 6.45) is 3.35. The molecule has 0 fully saturated rings. The molecular formula is C14H19NO3. The molecule has 1 rings (SSSR count). The number of ether oxygens (including phenoxy) is 1. The van der Waals surface area contributed by atoms with E-state index in [1.807, 2.05) is 37.3 Å². The fourth-order valence-corrected chi connectivity index (χ4v) is 1.61. The lowest BCUT2D eigenvalue weighted by molar-refractivity contribution is -0.146. The van der Waals surface area contributed by atoms with E-state index in [1.54, 1.807) is 0 Å². The molecule has 0 bridgehead atoms. The van der Waals surface area contributed by atoms with Crippen molar-refractivity contribution in [2.24, 2.45) is 11.1 Å². The number of esters is 1. The maximum atomic E-state index is 11.7. The summed E-state index contributed by atoms with van der Waals surface area (Å²) >= 11 is 0. The lowest BCUT2D eigenvalue weighted by Gasteiger charge is -2.10. The molecular weight excluding hydrogens is 230 g/mol. The normalized spacial score (nSPS) is 12.5. The number of nitrogens with zero attached hydrogens (tertiary/aromatic N) is 1. The molecule has 0 aromatic heterocycles. The molecule has 4 nitrogen and oxygen atoms in total. The predicted molar refractivity (Wildman–Crippen MR) is 69.8 cm³/mol. The summed E-state index contributed by atoms with van der Waals surface area (Å²) in [4.78, 5) is 11.7. The van der Waals surface area contributed by atoms with E-state index in [0.29, 0.717) is 13.0 Å². The van der Waals surface area contributed by atoms with Crippen LogP contribution in [-0.4, -0.2) is 24.0 Å². The first-order valence-electron chi connectivity index (χ1n) is 6.16. The van der Waals surface area contributed by atoms with Gasteiger partial charge < -0.3 is 9.94 Å². The van der Waals surface area contributed by atoms with Crippen LogP contribution in [0.1, 0.15) is 25.3 Å². The van der Waals surface area contributed by atoms with Gasteiger partial charge in [-0.15, -0.1) is 5.16 Å². The highest BCUT2D eigenvalue weighted by Gasteiger charge is 2.17. The van der Waals surface area contributed by atoms with E-state index in [0.717, 1.165) is 18.4 Å². The van der Waals surface area contributed by atoms with Gasteiger partial charge in [-0.25, -0.2) is 0 Å². The minimum absolute atomic E-state index is 0.328. The summed E-state index contributed by atoms with van der Waals surface area (Å²) in [5.74, 6) is -0.813. The summed E-state index contributed by atoms with van der Waals surface area (Å²) in [6.45, 7) is 2.34. The number of carbonyl (C=O) groups is 1. The SMILES string of the molecule is CCCOC(=O)C(/C=N\O)CCc1ccccc1. The first-order valence-corrected chi connectivity index (χ1v) is 6.16. The number of carbonyl (C=O) groups excluding carboxylic acids is 1. The van der Waals surface area contributed by atoms with Crippen LogP contribution < -0.4 is 0 Å². The predicted octanol–water partition coefficient (Wildman–Crippen LogP) is 2.65. The number of rotatable bonds is 7. The zero-order valence-electron chi connectivity index (χ0n) is 10.6. The summed E-state index contributed by atoms with van der Waals surface area (Å²) in [5, 5.41) is 11.5. The molecule has 0 saturated carbocycles. The molecule has 98 valence electrons. The Labute approximate surface area is 107 Å². The smallest absolute Gasteiger partial charge is 0.314 e. The van der Waals surface area contributed by atoms with Crippen molar-refractivity contribution in [1.29, 1.82) is 0 Å². The van der Waals surface area contributed by atoms with Crippen LogP contribution >= 0.6 is 0 Å². The number of hydrogen-bond donors (Lipinski definition) is 1. The van der Waals surface area contributed by atoms with Gasteiger partial charge in [0.05, 0.1) is 18.7 Å². The van der Waals surface area contributed by atoms with Gasteiger partial charge in [-0.2, -0.15) is 0 Å². The molecule has 0 saturated heterocycles. The Morgan fingerprint density at radius 3 is 2.78 bits per heavy atom. The van der Waals surface area contributed by atoms with Crippen LogP contribution in [0.2, 0.25) is 0 Å². The van der Waals surface area contributed by atoms with Gasteiger partial charge in [-0.05, 0) is 24.8 Å². The van der Waals surface area contributed by atoms with Crippen LogP contribution in [-0.2, 0) is 16.0 Å².